The molecule has 0 fully saturated rings. The predicted molar refractivity (Wildman–Crippen MR) is 49.6 cm³/mol. The highest BCUT2D eigenvalue weighted by Gasteiger charge is 2.01. The molecule has 1 atom stereocenters. The molecule has 0 amide bonds. The Bertz CT molecular complexity index is 282. The normalized spacial score (nSPS) is 12.1. The average Bonchev–Trinajstić information content (AvgIpc) is 2.17. The number of aromatic nitrogens is 1. The first-order valence-electron chi connectivity index (χ1n) is 3.87. The largest absolute Gasteiger partial charge is 0.312 e. The van der Waals surface area contributed by atoms with Crippen LogP contribution in [0.4, 0.5) is 0 Å². The fourth-order valence-electron chi connectivity index (χ4n) is 0.895. The molecule has 1 aromatic heterocycles. The molecule has 0 aromatic carbocycles. The molecule has 1 N–H and O–H groups in total. The van der Waals surface area contributed by atoms with Crippen molar-refractivity contribution in [2.24, 2.45) is 0 Å². The number of rotatable bonds is 2. The van der Waals surface area contributed by atoms with Crippen LogP contribution < -0.4 is 5.32 Å². The standard InChI is InChI=1S/C10H12N2/c1-4-9-5-6-10(12-7-9)8(2)11-3/h1,5-8,11H,2-3H3/t8-/m1/s1. The molecule has 0 aliphatic rings. The average molecular weight is 160 g/mol. The van der Waals surface area contributed by atoms with Crippen molar-refractivity contribution in [3.63, 3.8) is 0 Å². The van der Waals surface area contributed by atoms with Crippen molar-refractivity contribution < 1.29 is 0 Å². The molecule has 2 nitrogen and oxygen atoms in total. The Morgan fingerprint density at radius 2 is 2.33 bits per heavy atom. The molecule has 0 unspecified atom stereocenters. The minimum absolute atomic E-state index is 0.275. The highest BCUT2D eigenvalue weighted by molar-refractivity contribution is 5.30. The second kappa shape index (κ2) is 3.89. The molecule has 0 bridgehead atoms. The van der Waals surface area contributed by atoms with Crippen LogP contribution in [0.1, 0.15) is 24.2 Å². The van der Waals surface area contributed by atoms with Crippen molar-refractivity contribution in [2.45, 2.75) is 13.0 Å². The van der Waals surface area contributed by atoms with Crippen LogP contribution in [0.25, 0.3) is 0 Å². The second-order valence-electron chi connectivity index (χ2n) is 2.63. The van der Waals surface area contributed by atoms with Crippen LogP contribution in [0.15, 0.2) is 18.3 Å². The molecular formula is C10H12N2. The zero-order valence-electron chi connectivity index (χ0n) is 7.33. The van der Waals surface area contributed by atoms with Crippen molar-refractivity contribution in [1.29, 1.82) is 0 Å². The van der Waals surface area contributed by atoms with Crippen LogP contribution in [-0.2, 0) is 0 Å². The van der Waals surface area contributed by atoms with E-state index in [0.29, 0.717) is 0 Å². The lowest BCUT2D eigenvalue weighted by molar-refractivity contribution is 0.633. The summed E-state index contributed by atoms with van der Waals surface area (Å²) in [5.41, 5.74) is 1.83. The fraction of sp³-hybridized carbons (Fsp3) is 0.300. The van der Waals surface area contributed by atoms with Crippen molar-refractivity contribution in [3.05, 3.63) is 29.6 Å². The van der Waals surface area contributed by atoms with Crippen molar-refractivity contribution >= 4 is 0 Å². The van der Waals surface area contributed by atoms with Gasteiger partial charge in [0.2, 0.25) is 0 Å². The molecule has 0 saturated heterocycles. The Hall–Kier alpha value is -1.33. The van der Waals surface area contributed by atoms with Gasteiger partial charge in [0, 0.05) is 17.8 Å². The van der Waals surface area contributed by atoms with Crippen molar-refractivity contribution in [2.75, 3.05) is 7.05 Å². The SMILES string of the molecule is C#Cc1ccc([C@@H](C)NC)nc1. The van der Waals surface area contributed by atoms with Crippen LogP contribution >= 0.6 is 0 Å². The van der Waals surface area contributed by atoms with Gasteiger partial charge in [0.05, 0.1) is 5.69 Å². The lowest BCUT2D eigenvalue weighted by Gasteiger charge is -2.08. The van der Waals surface area contributed by atoms with Gasteiger partial charge in [0.25, 0.3) is 0 Å². The number of nitrogens with zero attached hydrogens (tertiary/aromatic N) is 1. The highest BCUT2D eigenvalue weighted by Crippen LogP contribution is 2.07. The predicted octanol–water partition coefficient (Wildman–Crippen LogP) is 1.34. The van der Waals surface area contributed by atoms with Gasteiger partial charge in [0.1, 0.15) is 0 Å². The van der Waals surface area contributed by atoms with E-state index in [1.165, 1.54) is 0 Å². The topological polar surface area (TPSA) is 24.9 Å². The number of hydrogen-bond acceptors (Lipinski definition) is 2. The summed E-state index contributed by atoms with van der Waals surface area (Å²) in [5.74, 6) is 2.53. The van der Waals surface area contributed by atoms with Gasteiger partial charge in [-0.15, -0.1) is 6.42 Å². The van der Waals surface area contributed by atoms with Crippen LogP contribution in [0.3, 0.4) is 0 Å². The van der Waals surface area contributed by atoms with Crippen molar-refractivity contribution in [3.8, 4) is 12.3 Å². The maximum Gasteiger partial charge on any atom is 0.0571 e. The molecule has 0 saturated carbocycles. The van der Waals surface area contributed by atoms with E-state index in [4.69, 9.17) is 6.42 Å². The smallest absolute Gasteiger partial charge is 0.0571 e. The summed E-state index contributed by atoms with van der Waals surface area (Å²) in [5, 5.41) is 3.10. The van der Waals surface area contributed by atoms with E-state index in [1.807, 2.05) is 19.2 Å². The summed E-state index contributed by atoms with van der Waals surface area (Å²) in [6.07, 6.45) is 6.91. The van der Waals surface area contributed by atoms with Crippen LogP contribution in [0.2, 0.25) is 0 Å². The van der Waals surface area contributed by atoms with Crippen LogP contribution in [0.5, 0.6) is 0 Å². The monoisotopic (exact) mass is 160 g/mol. The van der Waals surface area contributed by atoms with Gasteiger partial charge in [-0.1, -0.05) is 5.92 Å². The molecule has 0 radical (unpaired) electrons. The maximum absolute atomic E-state index is 5.20. The Morgan fingerprint density at radius 3 is 2.75 bits per heavy atom. The zero-order valence-corrected chi connectivity index (χ0v) is 7.33. The summed E-state index contributed by atoms with van der Waals surface area (Å²) in [6.45, 7) is 2.05. The summed E-state index contributed by atoms with van der Waals surface area (Å²) >= 11 is 0. The summed E-state index contributed by atoms with van der Waals surface area (Å²) in [4.78, 5) is 4.22. The molecule has 0 spiro atoms. The Balaban J connectivity index is 2.86. The Morgan fingerprint density at radius 1 is 1.58 bits per heavy atom. The second-order valence-corrected chi connectivity index (χ2v) is 2.63. The van der Waals surface area contributed by atoms with Crippen LogP contribution in [-0.4, -0.2) is 12.0 Å². The Kier molecular flexibility index (Phi) is 2.84. The van der Waals surface area contributed by atoms with Crippen molar-refractivity contribution in [1.82, 2.24) is 10.3 Å². The summed E-state index contributed by atoms with van der Waals surface area (Å²) in [6, 6.07) is 4.11. The molecule has 1 aromatic rings. The van der Waals surface area contributed by atoms with Gasteiger partial charge in [-0.05, 0) is 26.1 Å². The number of terminal acetylenes is 1. The van der Waals surface area contributed by atoms with Gasteiger partial charge in [-0.3, -0.25) is 4.98 Å². The van der Waals surface area contributed by atoms with Gasteiger partial charge in [0.15, 0.2) is 0 Å². The van der Waals surface area contributed by atoms with E-state index in [1.54, 1.807) is 6.20 Å². The van der Waals surface area contributed by atoms with E-state index in [9.17, 15) is 0 Å². The van der Waals surface area contributed by atoms with Gasteiger partial charge in [-0.25, -0.2) is 0 Å². The molecule has 1 heterocycles. The quantitative estimate of drug-likeness (QED) is 0.660. The molecule has 62 valence electrons. The van der Waals surface area contributed by atoms with Gasteiger partial charge >= 0.3 is 0 Å². The highest BCUT2D eigenvalue weighted by atomic mass is 14.9. The summed E-state index contributed by atoms with van der Waals surface area (Å²) in [7, 11) is 1.90. The molecule has 0 aliphatic carbocycles. The van der Waals surface area contributed by atoms with Gasteiger partial charge < -0.3 is 5.32 Å². The molecule has 2 heteroatoms. The third-order valence-corrected chi connectivity index (χ3v) is 1.83. The van der Waals surface area contributed by atoms with E-state index >= 15 is 0 Å². The zero-order chi connectivity index (χ0) is 8.97. The molecule has 0 aliphatic heterocycles. The first kappa shape index (κ1) is 8.76. The van der Waals surface area contributed by atoms with E-state index in [-0.39, 0.29) is 6.04 Å². The number of hydrogen-bond donors (Lipinski definition) is 1. The number of nitrogens with one attached hydrogen (secondary N) is 1. The first-order chi connectivity index (χ1) is 5.77. The van der Waals surface area contributed by atoms with E-state index in [2.05, 4.69) is 23.1 Å². The molecule has 12 heavy (non-hydrogen) atoms. The lowest BCUT2D eigenvalue weighted by Crippen LogP contribution is -2.13. The maximum atomic E-state index is 5.20. The third-order valence-electron chi connectivity index (χ3n) is 1.83. The van der Waals surface area contributed by atoms with Gasteiger partial charge in [-0.2, -0.15) is 0 Å². The third kappa shape index (κ3) is 1.84. The fourth-order valence-corrected chi connectivity index (χ4v) is 0.895. The Labute approximate surface area is 73.0 Å². The minimum Gasteiger partial charge on any atom is -0.312 e. The molecular weight excluding hydrogens is 148 g/mol. The van der Waals surface area contributed by atoms with E-state index in [0.717, 1.165) is 11.3 Å². The lowest BCUT2D eigenvalue weighted by atomic mass is 10.2. The van der Waals surface area contributed by atoms with Crippen LogP contribution in [0, 0.1) is 12.3 Å². The summed E-state index contributed by atoms with van der Waals surface area (Å²) < 4.78 is 0. The first-order valence-corrected chi connectivity index (χ1v) is 3.87. The number of pyridine rings is 1. The molecule has 1 rings (SSSR count). The minimum atomic E-state index is 0.275. The van der Waals surface area contributed by atoms with E-state index < -0.39 is 0 Å².